The van der Waals surface area contributed by atoms with Gasteiger partial charge in [-0.3, -0.25) is 0 Å². The standard InChI is InChI=1S/C17H10BrF6N3O2S/c1-2-29-14(28)10-7-25-27(12(10)17(22,23)24)15-26-11(13(18)30-15)8-4-3-5-9(6-8)16(19,20)21/h3-7H,2H2,1H3. The van der Waals surface area contributed by atoms with Gasteiger partial charge in [-0.05, 0) is 35.0 Å². The van der Waals surface area contributed by atoms with Crippen molar-refractivity contribution in [2.24, 2.45) is 0 Å². The summed E-state index contributed by atoms with van der Waals surface area (Å²) in [5, 5.41) is 3.31. The summed E-state index contributed by atoms with van der Waals surface area (Å²) in [6.07, 6.45) is -8.85. The Balaban J connectivity index is 2.11. The van der Waals surface area contributed by atoms with Gasteiger partial charge in [0.15, 0.2) is 5.69 Å². The van der Waals surface area contributed by atoms with E-state index in [4.69, 9.17) is 0 Å². The van der Waals surface area contributed by atoms with Crippen LogP contribution in [-0.2, 0) is 17.1 Å². The van der Waals surface area contributed by atoms with Crippen molar-refractivity contribution < 1.29 is 35.9 Å². The fourth-order valence-electron chi connectivity index (χ4n) is 2.53. The maximum absolute atomic E-state index is 13.6. The lowest BCUT2D eigenvalue weighted by Crippen LogP contribution is -2.18. The number of benzene rings is 1. The van der Waals surface area contributed by atoms with Crippen molar-refractivity contribution in [3.8, 4) is 16.4 Å². The van der Waals surface area contributed by atoms with Crippen LogP contribution in [0.15, 0.2) is 34.2 Å². The third-order valence-corrected chi connectivity index (χ3v) is 5.43. The molecule has 0 amide bonds. The summed E-state index contributed by atoms with van der Waals surface area (Å²) < 4.78 is 85.0. The second-order valence-corrected chi connectivity index (χ2v) is 8.03. The fraction of sp³-hybridized carbons (Fsp3) is 0.235. The average molecular weight is 514 g/mol. The molecule has 0 bridgehead atoms. The van der Waals surface area contributed by atoms with Crippen molar-refractivity contribution in [2.45, 2.75) is 19.3 Å². The van der Waals surface area contributed by atoms with Gasteiger partial charge in [0.25, 0.3) is 0 Å². The Bertz CT molecular complexity index is 1090. The third-order valence-electron chi connectivity index (χ3n) is 3.75. The largest absolute Gasteiger partial charge is 0.462 e. The SMILES string of the molecule is CCOC(=O)c1cnn(-c2nc(-c3cccc(C(F)(F)F)c3)c(Br)s2)c1C(F)(F)F. The van der Waals surface area contributed by atoms with E-state index in [-0.39, 0.29) is 26.8 Å². The summed E-state index contributed by atoms with van der Waals surface area (Å²) in [6.45, 7) is 1.30. The van der Waals surface area contributed by atoms with Crippen LogP contribution in [0, 0.1) is 0 Å². The number of hydrogen-bond acceptors (Lipinski definition) is 5. The van der Waals surface area contributed by atoms with Gasteiger partial charge in [0.1, 0.15) is 5.56 Å². The van der Waals surface area contributed by atoms with Gasteiger partial charge < -0.3 is 4.74 Å². The van der Waals surface area contributed by atoms with Gasteiger partial charge in [0, 0.05) is 5.56 Å². The van der Waals surface area contributed by atoms with Gasteiger partial charge in [-0.25, -0.2) is 14.5 Å². The highest BCUT2D eigenvalue weighted by atomic mass is 79.9. The molecule has 0 fully saturated rings. The van der Waals surface area contributed by atoms with Gasteiger partial charge in [0.05, 0.1) is 27.8 Å². The first kappa shape index (κ1) is 22.3. The number of esters is 1. The van der Waals surface area contributed by atoms with Crippen molar-refractivity contribution in [2.75, 3.05) is 6.61 Å². The highest BCUT2D eigenvalue weighted by Gasteiger charge is 2.42. The predicted octanol–water partition coefficient (Wildman–Crippen LogP) is 5.97. The zero-order chi connectivity index (χ0) is 22.3. The molecule has 0 aliphatic carbocycles. The molecular formula is C17H10BrF6N3O2S. The molecule has 0 unspecified atom stereocenters. The number of nitrogens with zero attached hydrogens (tertiary/aromatic N) is 3. The molecule has 0 saturated carbocycles. The predicted molar refractivity (Wildman–Crippen MR) is 98.3 cm³/mol. The summed E-state index contributed by atoms with van der Waals surface area (Å²) in [5.41, 5.74) is -3.07. The fourth-order valence-corrected chi connectivity index (χ4v) is 4.06. The summed E-state index contributed by atoms with van der Waals surface area (Å²) in [7, 11) is 0. The zero-order valence-corrected chi connectivity index (χ0v) is 17.2. The van der Waals surface area contributed by atoms with E-state index in [2.05, 4.69) is 30.7 Å². The van der Waals surface area contributed by atoms with Crippen LogP contribution in [0.5, 0.6) is 0 Å². The van der Waals surface area contributed by atoms with Crippen molar-refractivity contribution in [1.82, 2.24) is 14.8 Å². The molecule has 0 saturated heterocycles. The van der Waals surface area contributed by atoms with Crippen molar-refractivity contribution in [1.29, 1.82) is 0 Å². The Kier molecular flexibility index (Phi) is 5.96. The Morgan fingerprint density at radius 3 is 2.50 bits per heavy atom. The number of aromatic nitrogens is 3. The molecule has 2 aromatic heterocycles. The van der Waals surface area contributed by atoms with Crippen LogP contribution in [0.1, 0.15) is 28.5 Å². The second-order valence-electron chi connectivity index (χ2n) is 5.73. The molecule has 30 heavy (non-hydrogen) atoms. The lowest BCUT2D eigenvalue weighted by atomic mass is 10.1. The summed E-state index contributed by atoms with van der Waals surface area (Å²) in [4.78, 5) is 15.9. The molecule has 3 rings (SSSR count). The van der Waals surface area contributed by atoms with E-state index < -0.39 is 35.1 Å². The van der Waals surface area contributed by atoms with E-state index in [9.17, 15) is 31.1 Å². The maximum Gasteiger partial charge on any atom is 0.434 e. The first-order valence-corrected chi connectivity index (χ1v) is 9.71. The van der Waals surface area contributed by atoms with Gasteiger partial charge >= 0.3 is 18.3 Å². The molecule has 0 radical (unpaired) electrons. The van der Waals surface area contributed by atoms with E-state index >= 15 is 0 Å². The molecule has 1 aromatic carbocycles. The monoisotopic (exact) mass is 513 g/mol. The number of rotatable bonds is 4. The van der Waals surface area contributed by atoms with E-state index in [0.717, 1.165) is 18.2 Å². The van der Waals surface area contributed by atoms with Crippen LogP contribution in [0.2, 0.25) is 0 Å². The second kappa shape index (κ2) is 8.02. The molecular weight excluding hydrogens is 504 g/mol. The van der Waals surface area contributed by atoms with Crippen molar-refractivity contribution in [3.05, 3.63) is 51.1 Å². The number of hydrogen-bond donors (Lipinski definition) is 0. The van der Waals surface area contributed by atoms with Crippen LogP contribution in [0.3, 0.4) is 0 Å². The number of ether oxygens (including phenoxy) is 1. The van der Waals surface area contributed by atoms with Gasteiger partial charge in [-0.2, -0.15) is 31.4 Å². The maximum atomic E-state index is 13.6. The van der Waals surface area contributed by atoms with Gasteiger partial charge in [-0.15, -0.1) is 0 Å². The average Bonchev–Trinajstić information content (AvgIpc) is 3.25. The summed E-state index contributed by atoms with van der Waals surface area (Å²) in [5.74, 6) is -1.20. The Morgan fingerprint density at radius 1 is 1.20 bits per heavy atom. The summed E-state index contributed by atoms with van der Waals surface area (Å²) >= 11 is 3.84. The van der Waals surface area contributed by atoms with Crippen molar-refractivity contribution in [3.63, 3.8) is 0 Å². The number of thiazole rings is 1. The minimum absolute atomic E-state index is 0.00223. The summed E-state index contributed by atoms with van der Waals surface area (Å²) in [6, 6.07) is 4.21. The Labute approximate surface area is 177 Å². The number of carbonyl (C=O) groups is 1. The van der Waals surface area contributed by atoms with Crippen molar-refractivity contribution >= 4 is 33.2 Å². The number of alkyl halides is 6. The van der Waals surface area contributed by atoms with Crippen LogP contribution < -0.4 is 0 Å². The van der Waals surface area contributed by atoms with Crippen LogP contribution >= 0.6 is 27.3 Å². The minimum Gasteiger partial charge on any atom is -0.462 e. The molecule has 2 heterocycles. The molecule has 0 aliphatic heterocycles. The normalized spacial score (nSPS) is 12.3. The molecule has 0 spiro atoms. The van der Waals surface area contributed by atoms with Gasteiger partial charge in [0.2, 0.25) is 5.13 Å². The molecule has 160 valence electrons. The Hall–Kier alpha value is -2.41. The topological polar surface area (TPSA) is 57.0 Å². The minimum atomic E-state index is -4.97. The van der Waals surface area contributed by atoms with Crippen LogP contribution in [0.4, 0.5) is 26.3 Å². The zero-order valence-electron chi connectivity index (χ0n) is 14.8. The molecule has 13 heteroatoms. The molecule has 3 aromatic rings. The highest BCUT2D eigenvalue weighted by molar-refractivity contribution is 9.11. The lowest BCUT2D eigenvalue weighted by Gasteiger charge is -2.10. The third kappa shape index (κ3) is 4.36. The first-order chi connectivity index (χ1) is 13.9. The molecule has 0 atom stereocenters. The molecule has 5 nitrogen and oxygen atoms in total. The lowest BCUT2D eigenvalue weighted by molar-refractivity contribution is -0.143. The molecule has 0 aliphatic rings. The quantitative estimate of drug-likeness (QED) is 0.318. The van der Waals surface area contributed by atoms with E-state index in [1.165, 1.54) is 13.0 Å². The number of halogens is 7. The Morgan fingerprint density at radius 2 is 1.90 bits per heavy atom. The smallest absolute Gasteiger partial charge is 0.434 e. The van der Waals surface area contributed by atoms with E-state index in [1.54, 1.807) is 0 Å². The van der Waals surface area contributed by atoms with Crippen LogP contribution in [-0.4, -0.2) is 27.3 Å². The van der Waals surface area contributed by atoms with Crippen LogP contribution in [0.25, 0.3) is 16.4 Å². The van der Waals surface area contributed by atoms with E-state index in [0.29, 0.717) is 22.2 Å². The molecule has 0 N–H and O–H groups in total. The highest BCUT2D eigenvalue weighted by Crippen LogP contribution is 2.40. The van der Waals surface area contributed by atoms with Gasteiger partial charge in [-0.1, -0.05) is 23.5 Å². The number of carbonyl (C=O) groups excluding carboxylic acids is 1. The first-order valence-electron chi connectivity index (χ1n) is 8.10. The van der Waals surface area contributed by atoms with E-state index in [1.807, 2.05) is 0 Å².